The molecule has 28 valence electrons. The van der Waals surface area contributed by atoms with E-state index in [9.17, 15) is 0 Å². The van der Waals surface area contributed by atoms with Crippen LogP contribution in [-0.2, 0) is 0 Å². The largest absolute Gasteiger partial charge is 2.00 e. The Morgan fingerprint density at radius 2 is 0.800 bits per heavy atom. The van der Waals surface area contributed by atoms with E-state index < -0.39 is 0 Å². The second-order valence-electron chi connectivity index (χ2n) is 0. The third kappa shape index (κ3) is 85.1. The standard InChI is InChI=1S/Mg.2H2NO/c;2*1-2/h;2*1H2/q+2;2*-1. The van der Waals surface area contributed by atoms with Gasteiger partial charge in [0.15, 0.2) is 0 Å². The summed E-state index contributed by atoms with van der Waals surface area (Å²) in [6.07, 6.45) is 0. The minimum atomic E-state index is 0. The Bertz CT molecular complexity index is 7.61. The summed E-state index contributed by atoms with van der Waals surface area (Å²) < 4.78 is 0. The average molecular weight is 88.3 g/mol. The quantitative estimate of drug-likeness (QED) is 0.278. The molecular weight excluding hydrogens is 84.3 g/mol. The Balaban J connectivity index is -0.0000000133. The Labute approximate surface area is 45.8 Å². The van der Waals surface area contributed by atoms with Crippen molar-refractivity contribution in [2.75, 3.05) is 0 Å². The van der Waals surface area contributed by atoms with Crippen molar-refractivity contribution in [1.82, 2.24) is 0 Å². The molecule has 0 heterocycles. The zero-order chi connectivity index (χ0) is 4.00. The zero-order valence-corrected chi connectivity index (χ0v) is 4.09. The maximum Gasteiger partial charge on any atom is 2.00 e. The van der Waals surface area contributed by atoms with Gasteiger partial charge in [-0.3, -0.25) is 0 Å². The molecule has 0 aromatic carbocycles. The first-order valence-corrected chi connectivity index (χ1v) is 0.471. The molecule has 0 saturated heterocycles. The maximum absolute atomic E-state index is 7.75. The molecule has 0 aliphatic heterocycles. The van der Waals surface area contributed by atoms with Gasteiger partial charge in [0.05, 0.1) is 0 Å². The van der Waals surface area contributed by atoms with Gasteiger partial charge in [0.25, 0.3) is 0 Å². The van der Waals surface area contributed by atoms with E-state index in [1.54, 1.807) is 0 Å². The van der Waals surface area contributed by atoms with Crippen molar-refractivity contribution in [3.05, 3.63) is 10.4 Å². The number of hydrogen-bond donors (Lipinski definition) is 2. The number of hydrogen-bond acceptors (Lipinski definition) is 4. The van der Waals surface area contributed by atoms with Crippen LogP contribution in [0.15, 0.2) is 0 Å². The van der Waals surface area contributed by atoms with E-state index in [0.29, 0.717) is 0 Å². The molecule has 5 heteroatoms. The summed E-state index contributed by atoms with van der Waals surface area (Å²) in [5.41, 5.74) is 0. The molecule has 0 aromatic rings. The fraction of sp³-hybridized carbons (Fsp3) is 0. The molecule has 0 aliphatic carbocycles. The summed E-state index contributed by atoms with van der Waals surface area (Å²) in [7, 11) is 0. The summed E-state index contributed by atoms with van der Waals surface area (Å²) in [4.78, 5) is 0. The van der Waals surface area contributed by atoms with Gasteiger partial charge in [0, 0.05) is 0 Å². The van der Waals surface area contributed by atoms with Gasteiger partial charge in [-0.15, -0.1) is 0 Å². The fourth-order valence-electron chi connectivity index (χ4n) is 0. The van der Waals surface area contributed by atoms with E-state index in [-0.39, 0.29) is 23.1 Å². The summed E-state index contributed by atoms with van der Waals surface area (Å²) in [6, 6.07) is 0. The van der Waals surface area contributed by atoms with Crippen LogP contribution in [0.2, 0.25) is 0 Å². The maximum atomic E-state index is 7.75. The van der Waals surface area contributed by atoms with Gasteiger partial charge < -0.3 is 22.2 Å². The first kappa shape index (κ1) is 17.5. The zero-order valence-electron chi connectivity index (χ0n) is 2.68. The summed E-state index contributed by atoms with van der Waals surface area (Å²) >= 11 is 0. The molecule has 0 atom stereocenters. The first-order valence-electron chi connectivity index (χ1n) is 0.471. The third-order valence-corrected chi connectivity index (χ3v) is 0. The topological polar surface area (TPSA) is 98.2 Å². The molecular formula is H4MgN2O2. The molecule has 0 unspecified atom stereocenters. The summed E-state index contributed by atoms with van der Waals surface area (Å²) in [5.74, 6) is 6.50. The minimum Gasteiger partial charge on any atom is -0.790 e. The van der Waals surface area contributed by atoms with Gasteiger partial charge in [0.2, 0.25) is 0 Å². The molecule has 0 saturated carbocycles. The SMILES string of the molecule is N[O-].N[O-].[Mg+2]. The molecule has 5 heavy (non-hydrogen) atoms. The van der Waals surface area contributed by atoms with Crippen LogP contribution in [0, 0.1) is 10.4 Å². The van der Waals surface area contributed by atoms with Crippen molar-refractivity contribution in [2.24, 2.45) is 11.8 Å². The average Bonchev–Trinajstić information content (AvgIpc) is 1.50. The summed E-state index contributed by atoms with van der Waals surface area (Å²) in [5, 5.41) is 15.5. The Hall–Kier alpha value is 0.606. The van der Waals surface area contributed by atoms with Gasteiger partial charge in [-0.25, -0.2) is 0 Å². The first-order chi connectivity index (χ1) is 2.00. The number of nitrogens with two attached hydrogens (primary N) is 2. The Kier molecular flexibility index (Phi) is 571. The Morgan fingerprint density at radius 1 is 0.800 bits per heavy atom. The predicted octanol–water partition coefficient (Wildman–Crippen LogP) is -1.50. The van der Waals surface area contributed by atoms with Crippen LogP contribution < -0.4 is 11.8 Å². The van der Waals surface area contributed by atoms with Crippen LogP contribution in [0.5, 0.6) is 0 Å². The van der Waals surface area contributed by atoms with Crippen LogP contribution in [0.3, 0.4) is 0 Å². The summed E-state index contributed by atoms with van der Waals surface area (Å²) in [6.45, 7) is 0. The van der Waals surface area contributed by atoms with E-state index in [2.05, 4.69) is 11.8 Å². The van der Waals surface area contributed by atoms with Crippen LogP contribution in [0.1, 0.15) is 0 Å². The van der Waals surface area contributed by atoms with Gasteiger partial charge >= 0.3 is 23.1 Å². The van der Waals surface area contributed by atoms with Crippen molar-refractivity contribution in [2.45, 2.75) is 0 Å². The Morgan fingerprint density at radius 3 is 0.800 bits per heavy atom. The molecule has 0 spiro atoms. The van der Waals surface area contributed by atoms with E-state index in [4.69, 9.17) is 10.4 Å². The van der Waals surface area contributed by atoms with Crippen molar-refractivity contribution >= 4 is 23.1 Å². The van der Waals surface area contributed by atoms with Crippen molar-refractivity contribution in [3.8, 4) is 0 Å². The second kappa shape index (κ2) is 163. The molecule has 0 bridgehead atoms. The van der Waals surface area contributed by atoms with Crippen LogP contribution in [0.25, 0.3) is 0 Å². The van der Waals surface area contributed by atoms with E-state index >= 15 is 0 Å². The molecule has 0 amide bonds. The van der Waals surface area contributed by atoms with E-state index in [0.717, 1.165) is 0 Å². The number of rotatable bonds is 0. The third-order valence-electron chi connectivity index (χ3n) is 0. The van der Waals surface area contributed by atoms with Gasteiger partial charge in [-0.2, -0.15) is 0 Å². The second-order valence-corrected chi connectivity index (χ2v) is 0. The molecule has 0 aliphatic rings. The molecule has 0 aromatic heterocycles. The smallest absolute Gasteiger partial charge is 0.790 e. The molecule has 0 fully saturated rings. The predicted molar refractivity (Wildman–Crippen MR) is 20.9 cm³/mol. The van der Waals surface area contributed by atoms with Crippen molar-refractivity contribution in [1.29, 1.82) is 0 Å². The molecule has 4 nitrogen and oxygen atoms in total. The van der Waals surface area contributed by atoms with Crippen LogP contribution in [-0.4, -0.2) is 23.1 Å². The van der Waals surface area contributed by atoms with Crippen molar-refractivity contribution < 1.29 is 0 Å². The normalized spacial score (nSPS) is 2.40. The molecule has 4 N–H and O–H groups in total. The van der Waals surface area contributed by atoms with Crippen LogP contribution in [0.4, 0.5) is 0 Å². The van der Waals surface area contributed by atoms with E-state index in [1.165, 1.54) is 0 Å². The van der Waals surface area contributed by atoms with Gasteiger partial charge in [-0.1, -0.05) is 0 Å². The van der Waals surface area contributed by atoms with Crippen molar-refractivity contribution in [3.63, 3.8) is 0 Å². The van der Waals surface area contributed by atoms with E-state index in [1.807, 2.05) is 0 Å². The molecule has 0 rings (SSSR count). The monoisotopic (exact) mass is 88.0 g/mol. The minimum absolute atomic E-state index is 0. The fourth-order valence-corrected chi connectivity index (χ4v) is 0. The van der Waals surface area contributed by atoms with Crippen LogP contribution >= 0.6 is 0 Å². The molecule has 0 radical (unpaired) electrons. The van der Waals surface area contributed by atoms with Gasteiger partial charge in [0.1, 0.15) is 0 Å². The van der Waals surface area contributed by atoms with Gasteiger partial charge in [-0.05, 0) is 0 Å².